The Morgan fingerprint density at radius 2 is 1.89 bits per heavy atom. The molecule has 1 atom stereocenters. The van der Waals surface area contributed by atoms with Crippen LogP contribution in [0.2, 0.25) is 0 Å². The molecular weight excluding hydrogens is 360 g/mol. The minimum atomic E-state index is 0.558. The normalized spacial score (nSPS) is 20.0. The topological polar surface area (TPSA) is 65.6 Å². The van der Waals surface area contributed by atoms with E-state index in [2.05, 4.69) is 33.4 Å². The molecule has 3 rings (SSSR count). The lowest BCUT2D eigenvalue weighted by atomic mass is 10.0. The van der Waals surface area contributed by atoms with Gasteiger partial charge in [-0.1, -0.05) is 6.92 Å². The summed E-state index contributed by atoms with van der Waals surface area (Å²) in [6.45, 7) is 8.02. The van der Waals surface area contributed by atoms with Crippen molar-refractivity contribution < 1.29 is 4.74 Å². The second-order valence-corrected chi connectivity index (χ2v) is 7.93. The Morgan fingerprint density at radius 3 is 2.59 bits per heavy atom. The van der Waals surface area contributed by atoms with Crippen molar-refractivity contribution >= 4 is 34.9 Å². The van der Waals surface area contributed by atoms with Crippen LogP contribution in [0.1, 0.15) is 39.0 Å². The van der Waals surface area contributed by atoms with Crippen LogP contribution in [0.3, 0.4) is 0 Å². The zero-order valence-electron chi connectivity index (χ0n) is 16.5. The van der Waals surface area contributed by atoms with Crippen LogP contribution in [-0.2, 0) is 4.74 Å². The number of piperidine rings is 1. The molecule has 0 bridgehead atoms. The first-order valence-electron chi connectivity index (χ1n) is 10.1. The Labute approximate surface area is 167 Å². The maximum atomic E-state index is 5.41. The number of nitrogens with zero attached hydrogens (tertiary/aromatic N) is 4. The monoisotopic (exact) mass is 392 g/mol. The molecule has 0 spiro atoms. The molecule has 1 aromatic rings. The number of thiocarbonyl (C=S) groups is 1. The van der Waals surface area contributed by atoms with Gasteiger partial charge in [-0.15, -0.1) is 0 Å². The lowest BCUT2D eigenvalue weighted by Gasteiger charge is -2.32. The zero-order valence-corrected chi connectivity index (χ0v) is 17.4. The molecule has 27 heavy (non-hydrogen) atoms. The third-order valence-corrected chi connectivity index (χ3v) is 5.39. The Kier molecular flexibility index (Phi) is 7.46. The highest BCUT2D eigenvalue weighted by molar-refractivity contribution is 7.80. The van der Waals surface area contributed by atoms with Crippen LogP contribution in [-0.4, -0.2) is 61.5 Å². The van der Waals surface area contributed by atoms with E-state index >= 15 is 0 Å². The lowest BCUT2D eigenvalue weighted by Crippen LogP contribution is -2.36. The molecular formula is C19H32N6OS. The van der Waals surface area contributed by atoms with Crippen LogP contribution in [0.4, 0.5) is 17.6 Å². The maximum absolute atomic E-state index is 5.41. The number of hydrogen-bond acceptors (Lipinski definition) is 6. The average molecular weight is 393 g/mol. The molecule has 0 radical (unpaired) electrons. The van der Waals surface area contributed by atoms with Gasteiger partial charge in [0.25, 0.3) is 0 Å². The molecule has 2 fully saturated rings. The van der Waals surface area contributed by atoms with Gasteiger partial charge >= 0.3 is 0 Å². The molecule has 0 unspecified atom stereocenters. The summed E-state index contributed by atoms with van der Waals surface area (Å²) in [4.78, 5) is 14.2. The standard InChI is InChI=1S/C19H32N6OS/c1-15-7-5-11-25(14-15)17-13-16(24-9-3-4-10-24)21-18(22-17)23-19(27)20-8-6-12-26-2/h13,15H,3-12,14H2,1-2H3,(H2,20,21,22,23,27)/t15-/m1/s1. The molecule has 2 N–H and O–H groups in total. The first-order chi connectivity index (χ1) is 13.2. The van der Waals surface area contributed by atoms with E-state index in [1.807, 2.05) is 0 Å². The summed E-state index contributed by atoms with van der Waals surface area (Å²) in [6, 6.07) is 2.14. The molecule has 2 saturated heterocycles. The van der Waals surface area contributed by atoms with Crippen molar-refractivity contribution in [3.8, 4) is 0 Å². The summed E-state index contributed by atoms with van der Waals surface area (Å²) in [6.07, 6.45) is 5.86. The number of methoxy groups -OCH3 is 1. The van der Waals surface area contributed by atoms with Crippen LogP contribution in [0.15, 0.2) is 6.07 Å². The van der Waals surface area contributed by atoms with Crippen molar-refractivity contribution in [2.75, 3.05) is 61.6 Å². The maximum Gasteiger partial charge on any atom is 0.232 e. The SMILES string of the molecule is COCCCNC(=S)Nc1nc(N2CCCC2)cc(N2CCC[C@@H](C)C2)n1. The predicted molar refractivity (Wildman–Crippen MR) is 115 cm³/mol. The number of anilines is 3. The van der Waals surface area contributed by atoms with E-state index in [-0.39, 0.29) is 0 Å². The third-order valence-electron chi connectivity index (χ3n) is 5.15. The Balaban J connectivity index is 1.72. The highest BCUT2D eigenvalue weighted by atomic mass is 32.1. The number of nitrogens with one attached hydrogen (secondary N) is 2. The minimum Gasteiger partial charge on any atom is -0.385 e. The van der Waals surface area contributed by atoms with Gasteiger partial charge in [0.1, 0.15) is 11.6 Å². The fourth-order valence-corrected chi connectivity index (χ4v) is 3.90. The molecule has 2 aliphatic rings. The molecule has 8 heteroatoms. The summed E-state index contributed by atoms with van der Waals surface area (Å²) >= 11 is 5.41. The van der Waals surface area contributed by atoms with Gasteiger partial charge in [-0.05, 0) is 50.2 Å². The highest BCUT2D eigenvalue weighted by Crippen LogP contribution is 2.27. The van der Waals surface area contributed by atoms with E-state index in [1.54, 1.807) is 7.11 Å². The minimum absolute atomic E-state index is 0.558. The number of aromatic nitrogens is 2. The Morgan fingerprint density at radius 1 is 1.19 bits per heavy atom. The van der Waals surface area contributed by atoms with Crippen LogP contribution in [0.25, 0.3) is 0 Å². The van der Waals surface area contributed by atoms with E-state index in [1.165, 1.54) is 25.7 Å². The van der Waals surface area contributed by atoms with Gasteiger partial charge in [0.05, 0.1) is 0 Å². The summed E-state index contributed by atoms with van der Waals surface area (Å²) in [5.41, 5.74) is 0. The molecule has 0 saturated carbocycles. The van der Waals surface area contributed by atoms with E-state index in [4.69, 9.17) is 26.9 Å². The van der Waals surface area contributed by atoms with Crippen molar-refractivity contribution in [2.24, 2.45) is 5.92 Å². The highest BCUT2D eigenvalue weighted by Gasteiger charge is 2.21. The average Bonchev–Trinajstić information content (AvgIpc) is 3.20. The van der Waals surface area contributed by atoms with E-state index in [0.29, 0.717) is 23.6 Å². The summed E-state index contributed by atoms with van der Waals surface area (Å²) in [5.74, 6) is 3.28. The number of ether oxygens (including phenoxy) is 1. The van der Waals surface area contributed by atoms with Gasteiger partial charge in [0.2, 0.25) is 5.95 Å². The van der Waals surface area contributed by atoms with E-state index in [9.17, 15) is 0 Å². The van der Waals surface area contributed by atoms with Crippen molar-refractivity contribution in [1.82, 2.24) is 15.3 Å². The molecule has 1 aromatic heterocycles. The largest absolute Gasteiger partial charge is 0.385 e. The molecule has 0 aliphatic carbocycles. The van der Waals surface area contributed by atoms with Gasteiger partial charge < -0.3 is 25.2 Å². The molecule has 150 valence electrons. The lowest BCUT2D eigenvalue weighted by molar-refractivity contribution is 0.196. The number of hydrogen-bond donors (Lipinski definition) is 2. The fraction of sp³-hybridized carbons (Fsp3) is 0.737. The van der Waals surface area contributed by atoms with Crippen LogP contribution in [0.5, 0.6) is 0 Å². The fourth-order valence-electron chi connectivity index (χ4n) is 3.71. The van der Waals surface area contributed by atoms with Gasteiger partial charge in [0, 0.05) is 52.5 Å². The van der Waals surface area contributed by atoms with Crippen molar-refractivity contribution in [3.63, 3.8) is 0 Å². The Hall–Kier alpha value is -1.67. The molecule has 2 aliphatic heterocycles. The van der Waals surface area contributed by atoms with Gasteiger partial charge in [-0.25, -0.2) is 0 Å². The van der Waals surface area contributed by atoms with E-state index < -0.39 is 0 Å². The summed E-state index contributed by atoms with van der Waals surface area (Å²) < 4.78 is 5.07. The molecule has 0 aromatic carbocycles. The molecule has 0 amide bonds. The van der Waals surface area contributed by atoms with Crippen LogP contribution >= 0.6 is 12.2 Å². The van der Waals surface area contributed by atoms with Gasteiger partial charge in [-0.3, -0.25) is 0 Å². The zero-order chi connectivity index (χ0) is 19.1. The third kappa shape index (κ3) is 5.90. The van der Waals surface area contributed by atoms with E-state index in [0.717, 1.165) is 50.8 Å². The summed E-state index contributed by atoms with van der Waals surface area (Å²) in [7, 11) is 1.71. The smallest absolute Gasteiger partial charge is 0.232 e. The molecule has 3 heterocycles. The second kappa shape index (κ2) is 10.0. The Bertz CT molecular complexity index is 622. The first kappa shape index (κ1) is 20.1. The van der Waals surface area contributed by atoms with Crippen molar-refractivity contribution in [1.29, 1.82) is 0 Å². The molecule has 7 nitrogen and oxygen atoms in total. The van der Waals surface area contributed by atoms with Crippen LogP contribution in [0, 0.1) is 5.92 Å². The first-order valence-corrected chi connectivity index (χ1v) is 10.5. The van der Waals surface area contributed by atoms with Crippen LogP contribution < -0.4 is 20.4 Å². The number of rotatable bonds is 7. The quantitative estimate of drug-likeness (QED) is 0.542. The van der Waals surface area contributed by atoms with Crippen molar-refractivity contribution in [2.45, 2.75) is 39.0 Å². The van der Waals surface area contributed by atoms with Gasteiger partial charge in [0.15, 0.2) is 5.11 Å². The van der Waals surface area contributed by atoms with Gasteiger partial charge in [-0.2, -0.15) is 9.97 Å². The van der Waals surface area contributed by atoms with Crippen molar-refractivity contribution in [3.05, 3.63) is 6.07 Å². The second-order valence-electron chi connectivity index (χ2n) is 7.52. The summed E-state index contributed by atoms with van der Waals surface area (Å²) in [5, 5.41) is 6.93. The predicted octanol–water partition coefficient (Wildman–Crippen LogP) is 2.64.